The number of esters is 1. The van der Waals surface area contributed by atoms with Gasteiger partial charge in [0.05, 0.1) is 19.0 Å². The highest BCUT2D eigenvalue weighted by Gasteiger charge is 2.12. The lowest BCUT2D eigenvalue weighted by Crippen LogP contribution is -2.22. The zero-order chi connectivity index (χ0) is 19.2. The minimum atomic E-state index is -0.460. The fourth-order valence-corrected chi connectivity index (χ4v) is 3.17. The van der Waals surface area contributed by atoms with Crippen molar-refractivity contribution >= 4 is 34.9 Å². The number of anilines is 1. The summed E-state index contributed by atoms with van der Waals surface area (Å²) in [6.45, 7) is 1.26. The first-order valence-corrected chi connectivity index (χ1v) is 9.09. The number of carbonyl (C=O) groups excluding carboxylic acids is 1. The van der Waals surface area contributed by atoms with Gasteiger partial charge in [0.15, 0.2) is 0 Å². The van der Waals surface area contributed by atoms with Crippen LogP contribution in [0, 0.1) is 0 Å². The summed E-state index contributed by atoms with van der Waals surface area (Å²) in [5.74, 6) is -0.460. The summed E-state index contributed by atoms with van der Waals surface area (Å²) in [5.41, 5.74) is 3.29. The number of nitrogens with zero attached hydrogens (tertiary/aromatic N) is 2. The molecule has 0 saturated heterocycles. The summed E-state index contributed by atoms with van der Waals surface area (Å²) in [4.78, 5) is 18.0. The van der Waals surface area contributed by atoms with Crippen LogP contribution in [0.5, 0.6) is 0 Å². The molecule has 1 aromatic heterocycles. The van der Waals surface area contributed by atoms with Crippen LogP contribution in [0.4, 0.5) is 5.69 Å². The van der Waals surface area contributed by atoms with Crippen LogP contribution in [0.2, 0.25) is 10.0 Å². The fourth-order valence-electron chi connectivity index (χ4n) is 2.75. The smallest absolute Gasteiger partial charge is 0.356 e. The van der Waals surface area contributed by atoms with Gasteiger partial charge in [-0.05, 0) is 47.5 Å². The molecule has 0 spiro atoms. The molecule has 4 nitrogen and oxygen atoms in total. The molecule has 138 valence electrons. The lowest BCUT2D eigenvalue weighted by atomic mass is 10.1. The van der Waals surface area contributed by atoms with E-state index in [1.165, 1.54) is 7.11 Å². The molecular formula is C21H18Cl2N2O2. The van der Waals surface area contributed by atoms with Gasteiger partial charge in [0.2, 0.25) is 0 Å². The van der Waals surface area contributed by atoms with Crippen molar-refractivity contribution in [1.29, 1.82) is 0 Å². The van der Waals surface area contributed by atoms with Gasteiger partial charge in [0.1, 0.15) is 5.69 Å². The molecule has 0 aliphatic carbocycles. The molecule has 0 N–H and O–H groups in total. The van der Waals surface area contributed by atoms with Gasteiger partial charge in [-0.25, -0.2) is 9.78 Å². The Kier molecular flexibility index (Phi) is 6.32. The van der Waals surface area contributed by atoms with E-state index in [0.717, 1.165) is 16.8 Å². The monoisotopic (exact) mass is 400 g/mol. The highest BCUT2D eigenvalue weighted by atomic mass is 35.5. The first kappa shape index (κ1) is 19.2. The minimum absolute atomic E-state index is 0.270. The Hall–Kier alpha value is -2.56. The lowest BCUT2D eigenvalue weighted by molar-refractivity contribution is 0.0594. The molecule has 0 amide bonds. The predicted molar refractivity (Wildman–Crippen MR) is 108 cm³/mol. The number of ether oxygens (including phenoxy) is 1. The first-order chi connectivity index (χ1) is 13.0. The van der Waals surface area contributed by atoms with Crippen LogP contribution in [0.15, 0.2) is 66.9 Å². The quantitative estimate of drug-likeness (QED) is 0.520. The van der Waals surface area contributed by atoms with Crippen molar-refractivity contribution in [1.82, 2.24) is 4.98 Å². The Morgan fingerprint density at radius 2 is 1.56 bits per heavy atom. The maximum atomic E-state index is 11.6. The number of carbonyl (C=O) groups is 1. The Morgan fingerprint density at radius 1 is 0.963 bits per heavy atom. The van der Waals surface area contributed by atoms with E-state index in [0.29, 0.717) is 23.1 Å². The number of rotatable bonds is 6. The Morgan fingerprint density at radius 3 is 2.00 bits per heavy atom. The van der Waals surface area contributed by atoms with E-state index in [9.17, 15) is 4.79 Å². The van der Waals surface area contributed by atoms with Gasteiger partial charge in [-0.15, -0.1) is 0 Å². The highest BCUT2D eigenvalue weighted by Crippen LogP contribution is 2.22. The predicted octanol–water partition coefficient (Wildman–Crippen LogP) is 5.38. The van der Waals surface area contributed by atoms with Crippen LogP contribution >= 0.6 is 23.2 Å². The average Bonchev–Trinajstić information content (AvgIpc) is 2.67. The topological polar surface area (TPSA) is 42.4 Å². The molecule has 6 heteroatoms. The van der Waals surface area contributed by atoms with Crippen LogP contribution in [-0.2, 0) is 17.8 Å². The third kappa shape index (κ3) is 5.22. The van der Waals surface area contributed by atoms with Gasteiger partial charge in [-0.1, -0.05) is 47.5 Å². The molecule has 0 atom stereocenters. The van der Waals surface area contributed by atoms with Crippen LogP contribution < -0.4 is 4.90 Å². The third-order valence-corrected chi connectivity index (χ3v) is 4.50. The molecule has 0 saturated carbocycles. The maximum Gasteiger partial charge on any atom is 0.356 e. The zero-order valence-corrected chi connectivity index (χ0v) is 16.2. The molecule has 0 unspecified atom stereocenters. The third-order valence-electron chi connectivity index (χ3n) is 4.03. The fraction of sp³-hybridized carbons (Fsp3) is 0.143. The number of halogens is 2. The Balaban J connectivity index is 1.89. The van der Waals surface area contributed by atoms with Gasteiger partial charge in [-0.2, -0.15) is 0 Å². The van der Waals surface area contributed by atoms with E-state index >= 15 is 0 Å². The molecule has 3 aromatic rings. The standard InChI is InChI=1S/C21H18Cl2N2O2/c1-27-21(26)20-9-8-19(12-24-20)25(13-15-4-2-6-17(22)10-15)14-16-5-3-7-18(23)11-16/h2-12H,13-14H2,1H3. The summed E-state index contributed by atoms with van der Waals surface area (Å²) in [5, 5.41) is 1.38. The largest absolute Gasteiger partial charge is 0.464 e. The van der Waals surface area contributed by atoms with Crippen LogP contribution in [-0.4, -0.2) is 18.1 Å². The van der Waals surface area contributed by atoms with Crippen molar-refractivity contribution < 1.29 is 9.53 Å². The summed E-state index contributed by atoms with van der Waals surface area (Å²) >= 11 is 12.3. The SMILES string of the molecule is COC(=O)c1ccc(N(Cc2cccc(Cl)c2)Cc2cccc(Cl)c2)cn1. The van der Waals surface area contributed by atoms with Gasteiger partial charge in [0.25, 0.3) is 0 Å². The van der Waals surface area contributed by atoms with E-state index in [-0.39, 0.29) is 5.69 Å². The van der Waals surface area contributed by atoms with Crippen molar-refractivity contribution in [3.05, 3.63) is 93.7 Å². The second kappa shape index (κ2) is 8.89. The summed E-state index contributed by atoms with van der Waals surface area (Å²) < 4.78 is 4.71. The van der Waals surface area contributed by atoms with Crippen molar-refractivity contribution in [2.24, 2.45) is 0 Å². The molecule has 1 heterocycles. The van der Waals surface area contributed by atoms with E-state index in [2.05, 4.69) is 9.88 Å². The number of hydrogen-bond acceptors (Lipinski definition) is 4. The molecule has 0 bridgehead atoms. The van der Waals surface area contributed by atoms with Crippen LogP contribution in [0.25, 0.3) is 0 Å². The van der Waals surface area contributed by atoms with Crippen LogP contribution in [0.1, 0.15) is 21.6 Å². The number of hydrogen-bond donors (Lipinski definition) is 0. The molecule has 2 aromatic carbocycles. The summed E-state index contributed by atoms with van der Waals surface area (Å²) in [6.07, 6.45) is 1.67. The summed E-state index contributed by atoms with van der Waals surface area (Å²) in [6, 6.07) is 19.0. The number of pyridine rings is 1. The Bertz CT molecular complexity index is 882. The van der Waals surface area contributed by atoms with E-state index < -0.39 is 5.97 Å². The molecular weight excluding hydrogens is 383 g/mol. The second-order valence-electron chi connectivity index (χ2n) is 6.01. The molecule has 0 radical (unpaired) electrons. The van der Waals surface area contributed by atoms with Crippen molar-refractivity contribution in [3.8, 4) is 0 Å². The summed E-state index contributed by atoms with van der Waals surface area (Å²) in [7, 11) is 1.34. The van der Waals surface area contributed by atoms with E-state index in [1.54, 1.807) is 12.3 Å². The van der Waals surface area contributed by atoms with Crippen LogP contribution in [0.3, 0.4) is 0 Å². The van der Waals surface area contributed by atoms with Crippen molar-refractivity contribution in [3.63, 3.8) is 0 Å². The maximum absolute atomic E-state index is 11.6. The normalized spacial score (nSPS) is 10.5. The average molecular weight is 401 g/mol. The molecule has 0 aliphatic rings. The first-order valence-electron chi connectivity index (χ1n) is 8.33. The van der Waals surface area contributed by atoms with E-state index in [4.69, 9.17) is 27.9 Å². The molecule has 0 aliphatic heterocycles. The van der Waals surface area contributed by atoms with Gasteiger partial charge in [0, 0.05) is 23.1 Å². The second-order valence-corrected chi connectivity index (χ2v) is 6.88. The molecule has 3 rings (SSSR count). The lowest BCUT2D eigenvalue weighted by Gasteiger charge is -2.25. The van der Waals surface area contributed by atoms with Gasteiger partial charge >= 0.3 is 5.97 Å². The molecule has 27 heavy (non-hydrogen) atoms. The Labute approximate surface area is 168 Å². The van der Waals surface area contributed by atoms with Crippen molar-refractivity contribution in [2.75, 3.05) is 12.0 Å². The zero-order valence-electron chi connectivity index (χ0n) is 14.7. The van der Waals surface area contributed by atoms with Gasteiger partial charge in [-0.3, -0.25) is 0 Å². The minimum Gasteiger partial charge on any atom is -0.464 e. The van der Waals surface area contributed by atoms with E-state index in [1.807, 2.05) is 54.6 Å². The number of aromatic nitrogens is 1. The molecule has 0 fully saturated rings. The number of benzene rings is 2. The number of methoxy groups -OCH3 is 1. The highest BCUT2D eigenvalue weighted by molar-refractivity contribution is 6.30. The van der Waals surface area contributed by atoms with Gasteiger partial charge < -0.3 is 9.64 Å². The van der Waals surface area contributed by atoms with Crippen molar-refractivity contribution in [2.45, 2.75) is 13.1 Å².